The Bertz CT molecular complexity index is 720. The molecule has 0 fully saturated rings. The van der Waals surface area contributed by atoms with E-state index < -0.39 is 6.09 Å². The van der Waals surface area contributed by atoms with E-state index in [1.54, 1.807) is 25.3 Å². The molecule has 0 bridgehead atoms. The van der Waals surface area contributed by atoms with Crippen molar-refractivity contribution < 1.29 is 14.3 Å². The van der Waals surface area contributed by atoms with Gasteiger partial charge in [0.05, 0.1) is 19.2 Å². The van der Waals surface area contributed by atoms with Crippen LogP contribution >= 0.6 is 11.6 Å². The lowest BCUT2D eigenvalue weighted by Gasteiger charge is -2.05. The van der Waals surface area contributed by atoms with E-state index in [0.717, 1.165) is 5.56 Å². The molecule has 23 heavy (non-hydrogen) atoms. The summed E-state index contributed by atoms with van der Waals surface area (Å²) in [4.78, 5) is 11.6. The van der Waals surface area contributed by atoms with Gasteiger partial charge in [0.1, 0.15) is 12.4 Å². The Morgan fingerprint density at radius 3 is 2.74 bits per heavy atom. The molecule has 0 aliphatic heterocycles. The Labute approximate surface area is 140 Å². The Kier molecular flexibility index (Phi) is 6.34. The molecule has 1 amide bonds. The quantitative estimate of drug-likeness (QED) is 0.871. The molecule has 1 N–H and O–H groups in total. The second-order valence-electron chi connectivity index (χ2n) is 4.56. The Morgan fingerprint density at radius 1 is 1.22 bits per heavy atom. The number of carbonyl (C=O) groups excluding carboxylic acids is 1. The fourth-order valence-corrected chi connectivity index (χ4v) is 1.96. The van der Waals surface area contributed by atoms with Crippen molar-refractivity contribution in [1.82, 2.24) is 5.32 Å². The van der Waals surface area contributed by atoms with Crippen molar-refractivity contribution in [2.75, 3.05) is 13.7 Å². The zero-order chi connectivity index (χ0) is 16.5. The molecule has 0 radical (unpaired) electrons. The fourth-order valence-electron chi connectivity index (χ4n) is 1.80. The summed E-state index contributed by atoms with van der Waals surface area (Å²) in [5, 5.41) is 3.15. The SMILES string of the molecule is COc1cc(Cl)ccc1C#CCNC(=O)OCc1ccccc1. The summed E-state index contributed by atoms with van der Waals surface area (Å²) in [7, 11) is 1.55. The van der Waals surface area contributed by atoms with E-state index in [-0.39, 0.29) is 13.2 Å². The Balaban J connectivity index is 1.80. The normalized spacial score (nSPS) is 9.48. The Morgan fingerprint density at radius 2 is 2.00 bits per heavy atom. The molecule has 118 valence electrons. The number of hydrogen-bond donors (Lipinski definition) is 1. The van der Waals surface area contributed by atoms with E-state index >= 15 is 0 Å². The van der Waals surface area contributed by atoms with Crippen LogP contribution in [-0.4, -0.2) is 19.7 Å². The van der Waals surface area contributed by atoms with Gasteiger partial charge in [0.2, 0.25) is 0 Å². The summed E-state index contributed by atoms with van der Waals surface area (Å²) in [5.74, 6) is 6.35. The molecule has 5 heteroatoms. The van der Waals surface area contributed by atoms with Crippen LogP contribution in [0.15, 0.2) is 48.5 Å². The minimum atomic E-state index is -0.508. The molecule has 2 rings (SSSR count). The molecule has 0 aliphatic carbocycles. The van der Waals surface area contributed by atoms with Crippen molar-refractivity contribution in [3.63, 3.8) is 0 Å². The third-order valence-electron chi connectivity index (χ3n) is 2.92. The number of hydrogen-bond acceptors (Lipinski definition) is 3. The van der Waals surface area contributed by atoms with Gasteiger partial charge in [0, 0.05) is 11.1 Å². The van der Waals surface area contributed by atoms with Crippen LogP contribution in [0, 0.1) is 11.8 Å². The zero-order valence-electron chi connectivity index (χ0n) is 12.6. The molecule has 0 heterocycles. The third-order valence-corrected chi connectivity index (χ3v) is 3.16. The summed E-state index contributed by atoms with van der Waals surface area (Å²) in [6.07, 6.45) is -0.508. The highest BCUT2D eigenvalue weighted by Crippen LogP contribution is 2.21. The van der Waals surface area contributed by atoms with Gasteiger partial charge in [0.15, 0.2) is 0 Å². The number of halogens is 1. The first-order valence-corrected chi connectivity index (χ1v) is 7.34. The Hall–Kier alpha value is -2.64. The lowest BCUT2D eigenvalue weighted by atomic mass is 10.2. The van der Waals surface area contributed by atoms with Crippen LogP contribution in [0.25, 0.3) is 0 Å². The first kappa shape index (κ1) is 16.7. The number of rotatable bonds is 4. The highest BCUT2D eigenvalue weighted by atomic mass is 35.5. The maximum absolute atomic E-state index is 11.6. The second kappa shape index (κ2) is 8.72. The van der Waals surface area contributed by atoms with Crippen molar-refractivity contribution in [3.05, 3.63) is 64.7 Å². The predicted octanol–water partition coefficient (Wildman–Crippen LogP) is 3.63. The standard InChI is InChI=1S/C18H16ClNO3/c1-22-17-12-16(19)10-9-15(17)8-5-11-20-18(21)23-13-14-6-3-2-4-7-14/h2-4,6-7,9-10,12H,11,13H2,1H3,(H,20,21). The van der Waals surface area contributed by atoms with E-state index in [1.807, 2.05) is 30.3 Å². The third kappa shape index (κ3) is 5.57. The molecule has 0 saturated carbocycles. The lowest BCUT2D eigenvalue weighted by molar-refractivity contribution is 0.141. The van der Waals surface area contributed by atoms with Gasteiger partial charge < -0.3 is 14.8 Å². The summed E-state index contributed by atoms with van der Waals surface area (Å²) in [5.41, 5.74) is 1.64. The van der Waals surface area contributed by atoms with Crippen molar-refractivity contribution >= 4 is 17.7 Å². The van der Waals surface area contributed by atoms with Gasteiger partial charge in [-0.05, 0) is 17.7 Å². The summed E-state index contributed by atoms with van der Waals surface area (Å²) in [6, 6.07) is 14.7. The van der Waals surface area contributed by atoms with Gasteiger partial charge in [-0.1, -0.05) is 53.8 Å². The van der Waals surface area contributed by atoms with Gasteiger partial charge >= 0.3 is 6.09 Å². The second-order valence-corrected chi connectivity index (χ2v) is 5.00. The van der Waals surface area contributed by atoms with Crippen LogP contribution < -0.4 is 10.1 Å². The van der Waals surface area contributed by atoms with Crippen LogP contribution in [0.5, 0.6) is 5.75 Å². The van der Waals surface area contributed by atoms with Crippen LogP contribution in [0.2, 0.25) is 5.02 Å². The molecular weight excluding hydrogens is 314 g/mol. The monoisotopic (exact) mass is 329 g/mol. The average molecular weight is 330 g/mol. The van der Waals surface area contributed by atoms with Crippen molar-refractivity contribution in [2.24, 2.45) is 0 Å². The van der Waals surface area contributed by atoms with Crippen molar-refractivity contribution in [3.8, 4) is 17.6 Å². The molecule has 0 saturated heterocycles. The summed E-state index contributed by atoms with van der Waals surface area (Å²) < 4.78 is 10.3. The molecule has 4 nitrogen and oxygen atoms in total. The van der Waals surface area contributed by atoms with Crippen molar-refractivity contribution in [2.45, 2.75) is 6.61 Å². The van der Waals surface area contributed by atoms with Crippen molar-refractivity contribution in [1.29, 1.82) is 0 Å². The topological polar surface area (TPSA) is 47.6 Å². The minimum absolute atomic E-state index is 0.180. The van der Waals surface area contributed by atoms with Gasteiger partial charge in [-0.15, -0.1) is 0 Å². The van der Waals surface area contributed by atoms with Crippen LogP contribution in [0.1, 0.15) is 11.1 Å². The average Bonchev–Trinajstić information content (AvgIpc) is 2.58. The number of ether oxygens (including phenoxy) is 2. The largest absolute Gasteiger partial charge is 0.495 e. The van der Waals surface area contributed by atoms with Crippen LogP contribution in [-0.2, 0) is 11.3 Å². The number of methoxy groups -OCH3 is 1. The number of benzene rings is 2. The smallest absolute Gasteiger partial charge is 0.408 e. The first-order chi connectivity index (χ1) is 11.2. The molecule has 2 aromatic rings. The maximum Gasteiger partial charge on any atom is 0.408 e. The summed E-state index contributed by atoms with van der Waals surface area (Å²) in [6.45, 7) is 0.407. The van der Waals surface area contributed by atoms with Gasteiger partial charge in [-0.25, -0.2) is 4.79 Å². The maximum atomic E-state index is 11.6. The first-order valence-electron chi connectivity index (χ1n) is 6.96. The van der Waals surface area contributed by atoms with E-state index in [4.69, 9.17) is 21.1 Å². The molecule has 0 atom stereocenters. The molecule has 0 spiro atoms. The molecule has 0 aromatic heterocycles. The van der Waals surface area contributed by atoms with Crippen LogP contribution in [0.3, 0.4) is 0 Å². The van der Waals surface area contributed by atoms with E-state index in [2.05, 4.69) is 17.2 Å². The van der Waals surface area contributed by atoms with Gasteiger partial charge in [0.25, 0.3) is 0 Å². The molecule has 2 aromatic carbocycles. The van der Waals surface area contributed by atoms with Crippen LogP contribution in [0.4, 0.5) is 4.79 Å². The lowest BCUT2D eigenvalue weighted by Crippen LogP contribution is -2.24. The fraction of sp³-hybridized carbons (Fsp3) is 0.167. The van der Waals surface area contributed by atoms with Gasteiger partial charge in [-0.3, -0.25) is 0 Å². The van der Waals surface area contributed by atoms with E-state index in [0.29, 0.717) is 16.3 Å². The van der Waals surface area contributed by atoms with Gasteiger partial charge in [-0.2, -0.15) is 0 Å². The minimum Gasteiger partial charge on any atom is -0.495 e. The highest BCUT2D eigenvalue weighted by Gasteiger charge is 2.02. The molecule has 0 unspecified atom stereocenters. The number of carbonyl (C=O) groups is 1. The van der Waals surface area contributed by atoms with E-state index in [1.165, 1.54) is 0 Å². The number of nitrogens with one attached hydrogen (secondary N) is 1. The van der Waals surface area contributed by atoms with E-state index in [9.17, 15) is 4.79 Å². The molecular formula is C18H16ClNO3. The summed E-state index contributed by atoms with van der Waals surface area (Å²) >= 11 is 5.88. The molecule has 0 aliphatic rings. The zero-order valence-corrected chi connectivity index (χ0v) is 13.4. The number of amides is 1. The highest BCUT2D eigenvalue weighted by molar-refractivity contribution is 6.30. The predicted molar refractivity (Wildman–Crippen MR) is 89.5 cm³/mol. The number of alkyl carbamates (subject to hydrolysis) is 1.